The van der Waals surface area contributed by atoms with E-state index in [1.165, 1.54) is 0 Å². The summed E-state index contributed by atoms with van der Waals surface area (Å²) in [6, 6.07) is 0.926. The standard InChI is InChI=1S/C14H17F3N4O3/c1-20-10(7-2-3-7)4-11(19-20)18-13(24)21-5-8(12(22)23)9(6-21)14(15,16)17/h4,7-9H,2-3,5-6H2,1H3,(H,22,23)(H,18,19,24)/t8-,9-/m1/s1. The Labute approximate surface area is 135 Å². The SMILES string of the molecule is Cn1nc(NC(=O)N2C[C@@H](C(F)(F)F)[C@H](C(=O)O)C2)cc1C1CC1. The van der Waals surface area contributed by atoms with Gasteiger partial charge in [0, 0.05) is 37.8 Å². The molecular formula is C14H17F3N4O3. The van der Waals surface area contributed by atoms with Crippen molar-refractivity contribution in [2.45, 2.75) is 24.9 Å². The fourth-order valence-electron chi connectivity index (χ4n) is 3.04. The molecule has 2 N–H and O–H groups in total. The van der Waals surface area contributed by atoms with E-state index < -0.39 is 43.1 Å². The van der Waals surface area contributed by atoms with Crippen molar-refractivity contribution in [2.75, 3.05) is 18.4 Å². The normalized spacial score (nSPS) is 24.2. The van der Waals surface area contributed by atoms with Crippen molar-refractivity contribution in [3.63, 3.8) is 0 Å². The second-order valence-corrected chi connectivity index (χ2v) is 6.28. The number of likely N-dealkylation sites (tertiary alicyclic amines) is 1. The van der Waals surface area contributed by atoms with E-state index in [4.69, 9.17) is 5.11 Å². The number of carboxylic acids is 1. The second kappa shape index (κ2) is 5.67. The van der Waals surface area contributed by atoms with Gasteiger partial charge in [-0.15, -0.1) is 0 Å². The fourth-order valence-corrected chi connectivity index (χ4v) is 3.04. The minimum atomic E-state index is -4.66. The number of anilines is 1. The number of halogens is 3. The molecule has 1 saturated carbocycles. The number of hydrogen-bond donors (Lipinski definition) is 2. The van der Waals surface area contributed by atoms with Crippen LogP contribution in [0.4, 0.5) is 23.8 Å². The van der Waals surface area contributed by atoms with Gasteiger partial charge in [0.1, 0.15) is 0 Å². The Morgan fingerprint density at radius 3 is 2.50 bits per heavy atom. The Morgan fingerprint density at radius 1 is 1.33 bits per heavy atom. The fraction of sp³-hybridized carbons (Fsp3) is 0.643. The zero-order chi connectivity index (χ0) is 17.6. The first-order chi connectivity index (χ1) is 11.2. The first-order valence-corrected chi connectivity index (χ1v) is 7.56. The topological polar surface area (TPSA) is 87.5 Å². The lowest BCUT2D eigenvalue weighted by atomic mass is 9.96. The summed E-state index contributed by atoms with van der Waals surface area (Å²) in [5, 5.41) is 15.5. The lowest BCUT2D eigenvalue weighted by Gasteiger charge is -2.18. The minimum Gasteiger partial charge on any atom is -0.481 e. The third-order valence-electron chi connectivity index (χ3n) is 4.49. The van der Waals surface area contributed by atoms with Crippen LogP contribution in [0.15, 0.2) is 6.07 Å². The number of aromatic nitrogens is 2. The Balaban J connectivity index is 1.69. The van der Waals surface area contributed by atoms with Crippen LogP contribution >= 0.6 is 0 Å². The van der Waals surface area contributed by atoms with Crippen LogP contribution in [0.2, 0.25) is 0 Å². The maximum Gasteiger partial charge on any atom is 0.394 e. The van der Waals surface area contributed by atoms with Gasteiger partial charge in [0.05, 0.1) is 11.8 Å². The molecule has 0 unspecified atom stereocenters. The predicted molar refractivity (Wildman–Crippen MR) is 76.4 cm³/mol. The molecule has 1 saturated heterocycles. The Bertz CT molecular complexity index is 669. The largest absolute Gasteiger partial charge is 0.481 e. The van der Waals surface area contributed by atoms with Crippen molar-refractivity contribution in [3.8, 4) is 0 Å². The number of carbonyl (C=O) groups is 2. The highest BCUT2D eigenvalue weighted by Gasteiger charge is 2.53. The maximum atomic E-state index is 12.9. The quantitative estimate of drug-likeness (QED) is 0.877. The molecular weight excluding hydrogens is 329 g/mol. The molecule has 7 nitrogen and oxygen atoms in total. The number of carbonyl (C=O) groups excluding carboxylic acids is 1. The van der Waals surface area contributed by atoms with Gasteiger partial charge in [0.25, 0.3) is 0 Å². The highest BCUT2D eigenvalue weighted by atomic mass is 19.4. The number of alkyl halides is 3. The molecule has 132 valence electrons. The van der Waals surface area contributed by atoms with Gasteiger partial charge < -0.3 is 10.0 Å². The van der Waals surface area contributed by atoms with E-state index in [2.05, 4.69) is 10.4 Å². The molecule has 2 aliphatic rings. The van der Waals surface area contributed by atoms with Crippen molar-refractivity contribution < 1.29 is 27.9 Å². The molecule has 2 heterocycles. The van der Waals surface area contributed by atoms with Crippen LogP contribution in [0, 0.1) is 11.8 Å². The van der Waals surface area contributed by atoms with Gasteiger partial charge in [-0.25, -0.2) is 4.79 Å². The summed E-state index contributed by atoms with van der Waals surface area (Å²) in [5.74, 6) is -4.60. The first-order valence-electron chi connectivity index (χ1n) is 7.56. The third-order valence-corrected chi connectivity index (χ3v) is 4.49. The molecule has 0 radical (unpaired) electrons. The number of rotatable bonds is 3. The summed E-state index contributed by atoms with van der Waals surface area (Å²) < 4.78 is 40.5. The average molecular weight is 346 g/mol. The summed E-state index contributed by atoms with van der Waals surface area (Å²) >= 11 is 0. The van der Waals surface area contributed by atoms with E-state index in [1.807, 2.05) is 0 Å². The van der Waals surface area contributed by atoms with Crippen molar-refractivity contribution in [3.05, 3.63) is 11.8 Å². The lowest BCUT2D eigenvalue weighted by Crippen LogP contribution is -2.35. The van der Waals surface area contributed by atoms with Crippen LogP contribution in [-0.2, 0) is 11.8 Å². The van der Waals surface area contributed by atoms with Crippen LogP contribution in [0.3, 0.4) is 0 Å². The number of urea groups is 1. The van der Waals surface area contributed by atoms with Gasteiger partial charge >= 0.3 is 18.2 Å². The lowest BCUT2D eigenvalue weighted by molar-refractivity contribution is -0.187. The van der Waals surface area contributed by atoms with Crippen molar-refractivity contribution in [1.82, 2.24) is 14.7 Å². The molecule has 0 aromatic carbocycles. The van der Waals surface area contributed by atoms with E-state index in [0.717, 1.165) is 23.4 Å². The summed E-state index contributed by atoms with van der Waals surface area (Å²) in [6.45, 7) is -1.15. The van der Waals surface area contributed by atoms with E-state index in [0.29, 0.717) is 5.92 Å². The number of aliphatic carboxylic acids is 1. The van der Waals surface area contributed by atoms with E-state index >= 15 is 0 Å². The number of aryl methyl sites for hydroxylation is 1. The average Bonchev–Trinajstić information content (AvgIpc) is 3.07. The molecule has 2 fully saturated rings. The summed E-state index contributed by atoms with van der Waals surface area (Å²) in [7, 11) is 1.74. The Hall–Kier alpha value is -2.26. The molecule has 2 atom stereocenters. The molecule has 2 amide bonds. The van der Waals surface area contributed by atoms with Gasteiger partial charge in [-0.1, -0.05) is 0 Å². The summed E-state index contributed by atoms with van der Waals surface area (Å²) in [4.78, 5) is 24.1. The van der Waals surface area contributed by atoms with Gasteiger partial charge in [0.15, 0.2) is 5.82 Å². The maximum absolute atomic E-state index is 12.9. The van der Waals surface area contributed by atoms with E-state index in [-0.39, 0.29) is 5.82 Å². The smallest absolute Gasteiger partial charge is 0.394 e. The van der Waals surface area contributed by atoms with Gasteiger partial charge in [-0.2, -0.15) is 18.3 Å². The zero-order valence-corrected chi connectivity index (χ0v) is 12.9. The van der Waals surface area contributed by atoms with Crippen molar-refractivity contribution in [1.29, 1.82) is 0 Å². The van der Waals surface area contributed by atoms with E-state index in [9.17, 15) is 22.8 Å². The first kappa shape index (κ1) is 16.6. The summed E-state index contributed by atoms with van der Waals surface area (Å²) in [6.07, 6.45) is -2.57. The van der Waals surface area contributed by atoms with Crippen LogP contribution in [-0.4, -0.2) is 51.1 Å². The van der Waals surface area contributed by atoms with Crippen molar-refractivity contribution >= 4 is 17.8 Å². The molecule has 1 aliphatic carbocycles. The third kappa shape index (κ3) is 3.17. The molecule has 1 aromatic heterocycles. The minimum absolute atomic E-state index is 0.256. The number of hydrogen-bond acceptors (Lipinski definition) is 3. The number of nitrogens with one attached hydrogen (secondary N) is 1. The number of carboxylic acid groups (broad SMARTS) is 1. The van der Waals surface area contributed by atoms with Gasteiger partial charge in [-0.3, -0.25) is 14.8 Å². The summed E-state index contributed by atoms with van der Waals surface area (Å²) in [5.41, 5.74) is 0.961. The Morgan fingerprint density at radius 2 is 2.00 bits per heavy atom. The van der Waals surface area contributed by atoms with Crippen LogP contribution < -0.4 is 5.32 Å². The van der Waals surface area contributed by atoms with Crippen LogP contribution in [0.5, 0.6) is 0 Å². The Kier molecular flexibility index (Phi) is 3.92. The monoisotopic (exact) mass is 346 g/mol. The molecule has 3 rings (SSSR count). The van der Waals surface area contributed by atoms with Crippen LogP contribution in [0.1, 0.15) is 24.5 Å². The highest BCUT2D eigenvalue weighted by molar-refractivity contribution is 5.89. The molecule has 1 aromatic rings. The van der Waals surface area contributed by atoms with Gasteiger partial charge in [0.2, 0.25) is 0 Å². The highest BCUT2D eigenvalue weighted by Crippen LogP contribution is 2.41. The van der Waals surface area contributed by atoms with Gasteiger partial charge in [-0.05, 0) is 12.8 Å². The molecule has 0 bridgehead atoms. The van der Waals surface area contributed by atoms with E-state index in [1.54, 1.807) is 17.8 Å². The molecule has 0 spiro atoms. The predicted octanol–water partition coefficient (Wildman–Crippen LogP) is 2.02. The second-order valence-electron chi connectivity index (χ2n) is 6.28. The van der Waals surface area contributed by atoms with Crippen LogP contribution in [0.25, 0.3) is 0 Å². The molecule has 24 heavy (non-hydrogen) atoms. The number of amides is 2. The number of nitrogens with zero attached hydrogens (tertiary/aromatic N) is 3. The van der Waals surface area contributed by atoms with Crippen molar-refractivity contribution in [2.24, 2.45) is 18.9 Å². The molecule has 1 aliphatic heterocycles. The molecule has 10 heteroatoms. The zero-order valence-electron chi connectivity index (χ0n) is 12.9.